The second-order valence-electron chi connectivity index (χ2n) is 3.65. The maximum atomic E-state index is 12.3. The molecule has 17 heavy (non-hydrogen) atoms. The summed E-state index contributed by atoms with van der Waals surface area (Å²) in [6.45, 7) is 2.51. The van der Waals surface area contributed by atoms with Gasteiger partial charge in [-0.2, -0.15) is 18.4 Å². The highest BCUT2D eigenvalue weighted by atomic mass is 19.4. The highest BCUT2D eigenvalue weighted by Gasteiger charge is 2.30. The van der Waals surface area contributed by atoms with E-state index in [0.717, 1.165) is 25.0 Å². The van der Waals surface area contributed by atoms with Gasteiger partial charge in [0.25, 0.3) is 0 Å². The smallest absolute Gasteiger partial charge is 0.279 e. The van der Waals surface area contributed by atoms with Gasteiger partial charge in [0.15, 0.2) is 6.19 Å². The number of nitrogens with zero attached hydrogens (tertiary/aromatic N) is 2. The van der Waals surface area contributed by atoms with Crippen LogP contribution in [0.15, 0.2) is 24.3 Å². The Morgan fingerprint density at radius 2 is 1.82 bits per heavy atom. The molecule has 0 bridgehead atoms. The number of hydrogen-bond donors (Lipinski definition) is 0. The number of rotatable bonds is 4. The molecule has 0 aliphatic heterocycles. The van der Waals surface area contributed by atoms with Crippen molar-refractivity contribution in [2.24, 2.45) is 0 Å². The molecular weight excluding hydrogens is 229 g/mol. The Hall–Kier alpha value is -1.70. The molecule has 0 aliphatic rings. The Labute approximate surface area is 98.3 Å². The van der Waals surface area contributed by atoms with E-state index in [-0.39, 0.29) is 0 Å². The normalized spacial score (nSPS) is 11.0. The third kappa shape index (κ3) is 3.66. The van der Waals surface area contributed by atoms with Gasteiger partial charge in [0.2, 0.25) is 0 Å². The Morgan fingerprint density at radius 1 is 1.24 bits per heavy atom. The molecule has 0 aliphatic carbocycles. The summed E-state index contributed by atoms with van der Waals surface area (Å²) in [5.74, 6) is 0. The van der Waals surface area contributed by atoms with Crippen molar-refractivity contribution in [3.8, 4) is 6.19 Å². The molecule has 0 saturated heterocycles. The van der Waals surface area contributed by atoms with Crippen molar-refractivity contribution in [1.29, 1.82) is 5.26 Å². The third-order valence-corrected chi connectivity index (χ3v) is 2.36. The Bertz CT molecular complexity index is 390. The molecule has 0 radical (unpaired) electrons. The molecule has 0 aromatic heterocycles. The second kappa shape index (κ2) is 5.58. The first-order valence-electron chi connectivity index (χ1n) is 5.33. The predicted octanol–water partition coefficient (Wildman–Crippen LogP) is 3.79. The topological polar surface area (TPSA) is 27.0 Å². The van der Waals surface area contributed by atoms with Gasteiger partial charge in [-0.25, -0.2) is 0 Å². The van der Waals surface area contributed by atoms with E-state index in [2.05, 4.69) is 0 Å². The number of hydrogen-bond acceptors (Lipinski definition) is 2. The SMILES string of the molecule is CCCCN(C#N)c1ccc(C(F)(F)F)cc1. The summed E-state index contributed by atoms with van der Waals surface area (Å²) in [7, 11) is 0. The molecule has 1 aromatic rings. The molecule has 2 nitrogen and oxygen atoms in total. The lowest BCUT2D eigenvalue weighted by Gasteiger charge is -2.16. The van der Waals surface area contributed by atoms with Crippen molar-refractivity contribution in [2.75, 3.05) is 11.4 Å². The third-order valence-electron chi connectivity index (χ3n) is 2.36. The summed E-state index contributed by atoms with van der Waals surface area (Å²) in [6.07, 6.45) is -0.613. The number of alkyl halides is 3. The van der Waals surface area contributed by atoms with Crippen LogP contribution in [0, 0.1) is 11.5 Å². The van der Waals surface area contributed by atoms with Crippen LogP contribution >= 0.6 is 0 Å². The Morgan fingerprint density at radius 3 is 2.24 bits per heavy atom. The highest BCUT2D eigenvalue weighted by molar-refractivity contribution is 5.51. The summed E-state index contributed by atoms with van der Waals surface area (Å²) in [5, 5.41) is 8.89. The summed E-state index contributed by atoms with van der Waals surface area (Å²) < 4.78 is 37.0. The van der Waals surface area contributed by atoms with Gasteiger partial charge in [-0.3, -0.25) is 4.90 Å². The van der Waals surface area contributed by atoms with Crippen molar-refractivity contribution in [1.82, 2.24) is 0 Å². The molecule has 92 valence electrons. The largest absolute Gasteiger partial charge is 0.416 e. The van der Waals surface area contributed by atoms with E-state index in [1.165, 1.54) is 17.0 Å². The Kier molecular flexibility index (Phi) is 4.38. The van der Waals surface area contributed by atoms with Crippen molar-refractivity contribution in [2.45, 2.75) is 25.9 Å². The summed E-state index contributed by atoms with van der Waals surface area (Å²) >= 11 is 0. The van der Waals surface area contributed by atoms with Gasteiger partial charge < -0.3 is 0 Å². The first-order chi connectivity index (χ1) is 7.99. The van der Waals surface area contributed by atoms with E-state index >= 15 is 0 Å². The molecule has 5 heteroatoms. The molecule has 0 heterocycles. The van der Waals surface area contributed by atoms with E-state index in [4.69, 9.17) is 5.26 Å². The average molecular weight is 242 g/mol. The van der Waals surface area contributed by atoms with E-state index in [1.807, 2.05) is 13.1 Å². The zero-order valence-corrected chi connectivity index (χ0v) is 9.46. The number of anilines is 1. The molecule has 0 atom stereocenters. The quantitative estimate of drug-likeness (QED) is 0.593. The van der Waals surface area contributed by atoms with Crippen LogP contribution in [0.5, 0.6) is 0 Å². The first kappa shape index (κ1) is 13.4. The van der Waals surface area contributed by atoms with Gasteiger partial charge in [0.1, 0.15) is 0 Å². The molecule has 1 aromatic carbocycles. The van der Waals surface area contributed by atoms with Crippen LogP contribution in [0.1, 0.15) is 25.3 Å². The van der Waals surface area contributed by atoms with Gasteiger partial charge >= 0.3 is 6.18 Å². The van der Waals surface area contributed by atoms with Crippen molar-refractivity contribution in [3.63, 3.8) is 0 Å². The molecule has 0 N–H and O–H groups in total. The average Bonchev–Trinajstić information content (AvgIpc) is 2.29. The minimum Gasteiger partial charge on any atom is -0.279 e. The molecular formula is C12H13F3N2. The highest BCUT2D eigenvalue weighted by Crippen LogP contribution is 2.30. The number of unbranched alkanes of at least 4 members (excludes halogenated alkanes) is 1. The van der Waals surface area contributed by atoms with Gasteiger partial charge in [0.05, 0.1) is 11.3 Å². The van der Waals surface area contributed by atoms with Gasteiger partial charge in [-0.15, -0.1) is 0 Å². The van der Waals surface area contributed by atoms with Gasteiger partial charge in [-0.05, 0) is 30.7 Å². The van der Waals surface area contributed by atoms with Crippen LogP contribution in [0.25, 0.3) is 0 Å². The zero-order chi connectivity index (χ0) is 12.9. The Balaban J connectivity index is 2.83. The van der Waals surface area contributed by atoms with Crippen molar-refractivity contribution < 1.29 is 13.2 Å². The van der Waals surface area contributed by atoms with Crippen LogP contribution in [0.3, 0.4) is 0 Å². The fourth-order valence-electron chi connectivity index (χ4n) is 1.38. The van der Waals surface area contributed by atoms with E-state index in [0.29, 0.717) is 12.2 Å². The number of halogens is 3. The lowest BCUT2D eigenvalue weighted by atomic mass is 10.2. The van der Waals surface area contributed by atoms with Crippen molar-refractivity contribution in [3.05, 3.63) is 29.8 Å². The lowest BCUT2D eigenvalue weighted by molar-refractivity contribution is -0.137. The molecule has 0 amide bonds. The molecule has 0 spiro atoms. The first-order valence-corrected chi connectivity index (χ1v) is 5.33. The standard InChI is InChI=1S/C12H13F3N2/c1-2-3-8-17(9-16)11-6-4-10(5-7-11)12(13,14)15/h4-7H,2-3,8H2,1H3. The lowest BCUT2D eigenvalue weighted by Crippen LogP contribution is -2.17. The summed E-state index contributed by atoms with van der Waals surface area (Å²) in [4.78, 5) is 1.39. The molecule has 0 saturated carbocycles. The van der Waals surface area contributed by atoms with Crippen LogP contribution < -0.4 is 4.90 Å². The molecule has 0 unspecified atom stereocenters. The molecule has 0 fully saturated rings. The van der Waals surface area contributed by atoms with Crippen molar-refractivity contribution >= 4 is 5.69 Å². The van der Waals surface area contributed by atoms with Crippen LogP contribution in [0.4, 0.5) is 18.9 Å². The number of benzene rings is 1. The monoisotopic (exact) mass is 242 g/mol. The fourth-order valence-corrected chi connectivity index (χ4v) is 1.38. The minimum absolute atomic E-state index is 0.494. The summed E-state index contributed by atoms with van der Waals surface area (Å²) in [5.41, 5.74) is -0.205. The minimum atomic E-state index is -4.33. The van der Waals surface area contributed by atoms with Crippen LogP contribution in [0.2, 0.25) is 0 Å². The van der Waals surface area contributed by atoms with Crippen LogP contribution in [-0.2, 0) is 6.18 Å². The maximum Gasteiger partial charge on any atom is 0.416 e. The van der Waals surface area contributed by atoms with E-state index < -0.39 is 11.7 Å². The zero-order valence-electron chi connectivity index (χ0n) is 9.46. The fraction of sp³-hybridized carbons (Fsp3) is 0.417. The predicted molar refractivity (Wildman–Crippen MR) is 59.3 cm³/mol. The summed E-state index contributed by atoms with van der Waals surface area (Å²) in [6, 6.07) is 4.63. The number of nitriles is 1. The van der Waals surface area contributed by atoms with E-state index in [1.54, 1.807) is 0 Å². The van der Waals surface area contributed by atoms with E-state index in [9.17, 15) is 13.2 Å². The van der Waals surface area contributed by atoms with Gasteiger partial charge in [-0.1, -0.05) is 13.3 Å². The van der Waals surface area contributed by atoms with Crippen LogP contribution in [-0.4, -0.2) is 6.54 Å². The second-order valence-corrected chi connectivity index (χ2v) is 3.65. The maximum absolute atomic E-state index is 12.3. The van der Waals surface area contributed by atoms with Gasteiger partial charge in [0, 0.05) is 6.54 Å². The molecule has 1 rings (SSSR count).